The van der Waals surface area contributed by atoms with Crippen molar-refractivity contribution in [3.63, 3.8) is 0 Å². The SMILES string of the molecule is C=C(C)C(/N=C\CC)=N\C(C)=C(/C)c1nnc(Cc2ccc(Cl)c(Oc3cc(Cl)cc(C#N)c3)c2F)o1. The van der Waals surface area contributed by atoms with Crippen LogP contribution in [0.2, 0.25) is 10.0 Å². The average Bonchev–Trinajstić information content (AvgIpc) is 3.33. The summed E-state index contributed by atoms with van der Waals surface area (Å²) in [5.74, 6) is 0.236. The van der Waals surface area contributed by atoms with Gasteiger partial charge in [-0.05, 0) is 57.0 Å². The molecule has 2 aromatic carbocycles. The zero-order chi connectivity index (χ0) is 27.1. The van der Waals surface area contributed by atoms with Crippen LogP contribution in [0, 0.1) is 17.1 Å². The number of ether oxygens (including phenoxy) is 1. The van der Waals surface area contributed by atoms with Crippen molar-refractivity contribution in [2.75, 3.05) is 0 Å². The van der Waals surface area contributed by atoms with Crippen molar-refractivity contribution in [1.82, 2.24) is 10.2 Å². The van der Waals surface area contributed by atoms with Crippen molar-refractivity contribution in [3.8, 4) is 17.6 Å². The summed E-state index contributed by atoms with van der Waals surface area (Å²) in [6.45, 7) is 11.3. The molecule has 7 nitrogen and oxygen atoms in total. The van der Waals surface area contributed by atoms with Crippen LogP contribution in [0.1, 0.15) is 57.0 Å². The summed E-state index contributed by atoms with van der Waals surface area (Å²) in [7, 11) is 0. The Bertz CT molecular complexity index is 1470. The number of hydrogen-bond acceptors (Lipinski definition) is 6. The second-order valence-corrected chi connectivity index (χ2v) is 8.91. The van der Waals surface area contributed by atoms with Crippen LogP contribution in [-0.4, -0.2) is 22.2 Å². The molecule has 0 amide bonds. The highest BCUT2D eigenvalue weighted by atomic mass is 35.5. The van der Waals surface area contributed by atoms with Gasteiger partial charge in [0.05, 0.1) is 23.1 Å². The van der Waals surface area contributed by atoms with Gasteiger partial charge in [-0.15, -0.1) is 10.2 Å². The van der Waals surface area contributed by atoms with Crippen molar-refractivity contribution in [2.45, 2.75) is 40.5 Å². The number of halogens is 3. The van der Waals surface area contributed by atoms with Crippen molar-refractivity contribution < 1.29 is 13.5 Å². The number of aromatic nitrogens is 2. The van der Waals surface area contributed by atoms with Gasteiger partial charge in [-0.1, -0.05) is 42.8 Å². The summed E-state index contributed by atoms with van der Waals surface area (Å²) in [6, 6.07) is 9.35. The van der Waals surface area contributed by atoms with Gasteiger partial charge in [0.15, 0.2) is 17.4 Å². The fourth-order valence-corrected chi connectivity index (χ4v) is 3.47. The smallest absolute Gasteiger partial charge is 0.245 e. The highest BCUT2D eigenvalue weighted by Crippen LogP contribution is 2.36. The monoisotopic (exact) mass is 539 g/mol. The van der Waals surface area contributed by atoms with Gasteiger partial charge in [0.25, 0.3) is 0 Å². The van der Waals surface area contributed by atoms with Gasteiger partial charge < -0.3 is 9.15 Å². The Morgan fingerprint density at radius 1 is 1.22 bits per heavy atom. The number of nitrogens with zero attached hydrogens (tertiary/aromatic N) is 5. The first-order valence-electron chi connectivity index (χ1n) is 11.3. The van der Waals surface area contributed by atoms with Crippen LogP contribution in [0.4, 0.5) is 4.39 Å². The molecule has 0 unspecified atom stereocenters. The van der Waals surface area contributed by atoms with Crippen LogP contribution in [0.15, 0.2) is 62.6 Å². The second-order valence-electron chi connectivity index (χ2n) is 8.06. The van der Waals surface area contributed by atoms with Crippen LogP contribution in [0.5, 0.6) is 11.5 Å². The summed E-state index contributed by atoms with van der Waals surface area (Å²) >= 11 is 12.2. The average molecular weight is 540 g/mol. The van der Waals surface area contributed by atoms with Crippen LogP contribution in [0.25, 0.3) is 5.57 Å². The molecule has 0 radical (unpaired) electrons. The van der Waals surface area contributed by atoms with E-state index < -0.39 is 5.82 Å². The maximum atomic E-state index is 15.4. The number of aliphatic imine (C=N–C) groups is 2. The Balaban J connectivity index is 1.87. The zero-order valence-corrected chi connectivity index (χ0v) is 22.3. The van der Waals surface area contributed by atoms with E-state index in [0.29, 0.717) is 17.1 Å². The number of nitriles is 1. The lowest BCUT2D eigenvalue weighted by atomic mass is 10.1. The highest BCUT2D eigenvalue weighted by Gasteiger charge is 2.19. The summed E-state index contributed by atoms with van der Waals surface area (Å²) in [5, 5.41) is 17.6. The van der Waals surface area contributed by atoms with E-state index in [1.165, 1.54) is 30.3 Å². The molecule has 0 fully saturated rings. The molecule has 10 heteroatoms. The van der Waals surface area contributed by atoms with E-state index in [9.17, 15) is 0 Å². The largest absolute Gasteiger partial charge is 0.453 e. The Morgan fingerprint density at radius 3 is 2.65 bits per heavy atom. The minimum absolute atomic E-state index is 0.00123. The molecular weight excluding hydrogens is 516 g/mol. The summed E-state index contributed by atoms with van der Waals surface area (Å²) in [4.78, 5) is 8.85. The molecule has 1 aromatic heterocycles. The second kappa shape index (κ2) is 12.4. The van der Waals surface area contributed by atoms with Gasteiger partial charge >= 0.3 is 0 Å². The number of amidine groups is 1. The lowest BCUT2D eigenvalue weighted by molar-refractivity contribution is 0.436. The molecule has 0 N–H and O–H groups in total. The quantitative estimate of drug-likeness (QED) is 0.213. The minimum atomic E-state index is -0.696. The molecule has 0 saturated carbocycles. The minimum Gasteiger partial charge on any atom is -0.453 e. The van der Waals surface area contributed by atoms with Gasteiger partial charge in [0, 0.05) is 28.1 Å². The first kappa shape index (κ1) is 27.8. The molecule has 0 bridgehead atoms. The Kier molecular flexibility index (Phi) is 9.34. The van der Waals surface area contributed by atoms with Gasteiger partial charge in [-0.2, -0.15) is 5.26 Å². The van der Waals surface area contributed by atoms with E-state index in [1.54, 1.807) is 20.1 Å². The number of rotatable bonds is 8. The molecule has 0 aliphatic rings. The third-order valence-electron chi connectivity index (χ3n) is 5.07. The fraction of sp³-hybridized carbons (Fsp3) is 0.222. The van der Waals surface area contributed by atoms with Crippen LogP contribution in [0.3, 0.4) is 0 Å². The van der Waals surface area contributed by atoms with E-state index >= 15 is 4.39 Å². The third-order valence-corrected chi connectivity index (χ3v) is 5.59. The molecule has 0 atom stereocenters. The summed E-state index contributed by atoms with van der Waals surface area (Å²) in [6.07, 6.45) is 2.53. The van der Waals surface area contributed by atoms with Crippen molar-refractivity contribution in [1.29, 1.82) is 5.26 Å². The molecular formula is C27H24Cl2FN5O2. The van der Waals surface area contributed by atoms with Gasteiger partial charge in [-0.25, -0.2) is 14.4 Å². The highest BCUT2D eigenvalue weighted by molar-refractivity contribution is 6.32. The van der Waals surface area contributed by atoms with Gasteiger partial charge in [-0.3, -0.25) is 0 Å². The van der Waals surface area contributed by atoms with Crippen LogP contribution < -0.4 is 4.74 Å². The molecule has 0 saturated heterocycles. The lowest BCUT2D eigenvalue weighted by Crippen LogP contribution is -1.98. The molecule has 190 valence electrons. The maximum Gasteiger partial charge on any atom is 0.245 e. The Labute approximate surface area is 224 Å². The van der Waals surface area contributed by atoms with Crippen LogP contribution in [-0.2, 0) is 6.42 Å². The van der Waals surface area contributed by atoms with E-state index in [-0.39, 0.29) is 50.9 Å². The number of allylic oxidation sites excluding steroid dienone is 2. The van der Waals surface area contributed by atoms with Crippen LogP contribution >= 0.6 is 23.2 Å². The molecule has 0 aliphatic heterocycles. The standard InChI is InChI=1S/C27H24Cl2FN5O2/c1-6-9-32-26(15(2)3)33-17(5)16(4)27-35-34-23(37-27)12-19-7-8-22(29)25(24(19)30)36-21-11-18(14-31)10-20(28)13-21/h7-11,13H,2,6,12H2,1,3-5H3/b17-16+,32-9-,33-26+. The first-order chi connectivity index (χ1) is 17.6. The topological polar surface area (TPSA) is 96.7 Å². The fourth-order valence-electron chi connectivity index (χ4n) is 3.06. The van der Waals surface area contributed by atoms with Crippen molar-refractivity contribution in [3.05, 3.63) is 87.0 Å². The molecule has 3 rings (SSSR count). The van der Waals surface area contributed by atoms with E-state index in [4.69, 9.17) is 37.6 Å². The lowest BCUT2D eigenvalue weighted by Gasteiger charge is -2.12. The number of benzene rings is 2. The summed E-state index contributed by atoms with van der Waals surface area (Å²) in [5.41, 5.74) is 2.50. The van der Waals surface area contributed by atoms with E-state index in [2.05, 4.69) is 26.8 Å². The molecule has 37 heavy (non-hydrogen) atoms. The Morgan fingerprint density at radius 2 is 1.97 bits per heavy atom. The summed E-state index contributed by atoms with van der Waals surface area (Å²) < 4.78 is 26.8. The Hall–Kier alpha value is -3.80. The predicted octanol–water partition coefficient (Wildman–Crippen LogP) is 7.98. The maximum absolute atomic E-state index is 15.4. The van der Waals surface area contributed by atoms with Crippen molar-refractivity contribution in [2.24, 2.45) is 9.98 Å². The first-order valence-corrected chi connectivity index (χ1v) is 12.0. The van der Waals surface area contributed by atoms with Crippen molar-refractivity contribution >= 4 is 40.8 Å². The van der Waals surface area contributed by atoms with E-state index in [0.717, 1.165) is 12.0 Å². The number of hydrogen-bond donors (Lipinski definition) is 0. The van der Waals surface area contributed by atoms with E-state index in [1.807, 2.05) is 19.9 Å². The predicted molar refractivity (Wildman–Crippen MR) is 144 cm³/mol. The normalized spacial score (nSPS) is 12.4. The molecule has 3 aromatic rings. The van der Waals surface area contributed by atoms with Gasteiger partial charge in [0.2, 0.25) is 11.8 Å². The zero-order valence-electron chi connectivity index (χ0n) is 20.8. The van der Waals surface area contributed by atoms with Gasteiger partial charge in [0.1, 0.15) is 5.75 Å². The molecule has 0 spiro atoms. The molecule has 0 aliphatic carbocycles. The third kappa shape index (κ3) is 7.13. The molecule has 1 heterocycles.